The lowest BCUT2D eigenvalue weighted by atomic mass is 9.94. The van der Waals surface area contributed by atoms with E-state index in [1.54, 1.807) is 24.0 Å². The third kappa shape index (κ3) is 3.59. The van der Waals surface area contributed by atoms with Gasteiger partial charge in [0.1, 0.15) is 0 Å². The van der Waals surface area contributed by atoms with Gasteiger partial charge in [0.15, 0.2) is 5.11 Å². The first-order chi connectivity index (χ1) is 13.3. The third-order valence-electron chi connectivity index (χ3n) is 4.56. The summed E-state index contributed by atoms with van der Waals surface area (Å²) >= 11 is 5.56. The molecule has 2 aromatic carbocycles. The van der Waals surface area contributed by atoms with E-state index in [9.17, 15) is 14.9 Å². The molecule has 144 valence electrons. The molecule has 0 spiro atoms. The molecule has 0 aliphatic carbocycles. The fourth-order valence-electron chi connectivity index (χ4n) is 3.26. The lowest BCUT2D eigenvalue weighted by Gasteiger charge is -2.37. The first-order valence-electron chi connectivity index (χ1n) is 8.54. The Kier molecular flexibility index (Phi) is 5.41. The second kappa shape index (κ2) is 7.77. The normalized spacial score (nSPS) is 16.6. The van der Waals surface area contributed by atoms with E-state index in [0.29, 0.717) is 21.9 Å². The van der Waals surface area contributed by atoms with Crippen molar-refractivity contribution in [2.75, 3.05) is 12.0 Å². The molecular formula is C20H19N3O4S. The average molecular weight is 397 g/mol. The summed E-state index contributed by atoms with van der Waals surface area (Å²) in [6.07, 6.45) is 0. The maximum absolute atomic E-state index is 12.6. The van der Waals surface area contributed by atoms with E-state index in [0.717, 1.165) is 11.3 Å². The average Bonchev–Trinajstić information content (AvgIpc) is 2.67. The van der Waals surface area contributed by atoms with Crippen LogP contribution < -0.4 is 10.2 Å². The van der Waals surface area contributed by atoms with Crippen molar-refractivity contribution in [1.82, 2.24) is 5.32 Å². The zero-order valence-electron chi connectivity index (χ0n) is 15.6. The molecule has 1 aliphatic heterocycles. The van der Waals surface area contributed by atoms with Crippen molar-refractivity contribution in [3.8, 4) is 0 Å². The van der Waals surface area contributed by atoms with Gasteiger partial charge in [-0.05, 0) is 49.3 Å². The fourth-order valence-corrected chi connectivity index (χ4v) is 3.62. The minimum absolute atomic E-state index is 0.0619. The standard InChI is InChI=1S/C20H19N3O4S/c1-12-6-4-8-15(10-12)22-13(2)17(19(24)27-3)18(21-20(22)28)14-7-5-9-16(11-14)23(25)26/h4-11,18H,1-3H3,(H,21,28). The van der Waals surface area contributed by atoms with Gasteiger partial charge in [-0.25, -0.2) is 4.79 Å². The number of non-ortho nitro benzene ring substituents is 1. The van der Waals surface area contributed by atoms with Crippen LogP contribution in [-0.2, 0) is 9.53 Å². The Morgan fingerprint density at radius 3 is 2.57 bits per heavy atom. The van der Waals surface area contributed by atoms with E-state index in [1.165, 1.54) is 19.2 Å². The van der Waals surface area contributed by atoms with Crippen molar-refractivity contribution in [2.24, 2.45) is 0 Å². The number of hydrogen-bond acceptors (Lipinski definition) is 5. The Labute approximate surface area is 167 Å². The summed E-state index contributed by atoms with van der Waals surface area (Å²) in [6.45, 7) is 3.75. The van der Waals surface area contributed by atoms with Gasteiger partial charge in [0.25, 0.3) is 5.69 Å². The molecule has 1 heterocycles. The van der Waals surface area contributed by atoms with E-state index in [2.05, 4.69) is 5.32 Å². The highest BCUT2D eigenvalue weighted by Crippen LogP contribution is 2.35. The molecule has 0 bridgehead atoms. The number of nitrogens with zero attached hydrogens (tertiary/aromatic N) is 2. The lowest BCUT2D eigenvalue weighted by Crippen LogP contribution is -2.48. The number of aryl methyl sites for hydroxylation is 1. The number of nitro groups is 1. The lowest BCUT2D eigenvalue weighted by molar-refractivity contribution is -0.384. The van der Waals surface area contributed by atoms with Crippen molar-refractivity contribution in [2.45, 2.75) is 19.9 Å². The number of thiocarbonyl (C=S) groups is 1. The van der Waals surface area contributed by atoms with Gasteiger partial charge in [-0.15, -0.1) is 0 Å². The summed E-state index contributed by atoms with van der Waals surface area (Å²) in [4.78, 5) is 25.1. The molecule has 3 rings (SSSR count). The maximum Gasteiger partial charge on any atom is 0.337 e. The minimum Gasteiger partial charge on any atom is -0.466 e. The van der Waals surface area contributed by atoms with Crippen molar-refractivity contribution in [3.63, 3.8) is 0 Å². The molecule has 7 nitrogen and oxygen atoms in total. The Hall–Kier alpha value is -3.26. The Morgan fingerprint density at radius 1 is 1.21 bits per heavy atom. The number of benzene rings is 2. The first-order valence-corrected chi connectivity index (χ1v) is 8.95. The van der Waals surface area contributed by atoms with Gasteiger partial charge in [-0.1, -0.05) is 24.3 Å². The van der Waals surface area contributed by atoms with Gasteiger partial charge in [0.05, 0.1) is 23.6 Å². The third-order valence-corrected chi connectivity index (χ3v) is 4.86. The molecule has 1 atom stereocenters. The highest BCUT2D eigenvalue weighted by molar-refractivity contribution is 7.80. The summed E-state index contributed by atoms with van der Waals surface area (Å²) in [6, 6.07) is 13.2. The van der Waals surface area contributed by atoms with Crippen molar-refractivity contribution in [3.05, 3.63) is 81.0 Å². The second-order valence-electron chi connectivity index (χ2n) is 6.40. The zero-order valence-corrected chi connectivity index (χ0v) is 16.4. The summed E-state index contributed by atoms with van der Waals surface area (Å²) < 4.78 is 4.99. The molecule has 0 radical (unpaired) electrons. The summed E-state index contributed by atoms with van der Waals surface area (Å²) in [5, 5.41) is 14.7. The number of esters is 1. The second-order valence-corrected chi connectivity index (χ2v) is 6.79. The molecular weight excluding hydrogens is 378 g/mol. The van der Waals surface area contributed by atoms with Crippen LogP contribution in [0.5, 0.6) is 0 Å². The SMILES string of the molecule is COC(=O)C1=C(C)N(c2cccc(C)c2)C(=S)NC1c1cccc([N+](=O)[O-])c1. The smallest absolute Gasteiger partial charge is 0.337 e. The summed E-state index contributed by atoms with van der Waals surface area (Å²) in [7, 11) is 1.30. The van der Waals surface area contributed by atoms with Crippen molar-refractivity contribution >= 4 is 34.7 Å². The Morgan fingerprint density at radius 2 is 1.93 bits per heavy atom. The number of methoxy groups -OCH3 is 1. The molecule has 0 amide bonds. The Balaban J connectivity index is 2.15. The number of anilines is 1. The predicted molar refractivity (Wildman–Crippen MR) is 110 cm³/mol. The molecule has 0 fully saturated rings. The number of nitro benzene ring substituents is 1. The van der Waals surface area contributed by atoms with Crippen LogP contribution in [0, 0.1) is 17.0 Å². The molecule has 2 aromatic rings. The molecule has 1 aliphatic rings. The molecule has 0 aromatic heterocycles. The van der Waals surface area contributed by atoms with E-state index in [1.807, 2.05) is 31.2 Å². The van der Waals surface area contributed by atoms with Crippen LogP contribution >= 0.6 is 12.2 Å². The largest absolute Gasteiger partial charge is 0.466 e. The van der Waals surface area contributed by atoms with Crippen molar-refractivity contribution < 1.29 is 14.5 Å². The van der Waals surface area contributed by atoms with Crippen LogP contribution in [0.1, 0.15) is 24.1 Å². The molecule has 1 N–H and O–H groups in total. The Bertz CT molecular complexity index is 1000. The number of carbonyl (C=O) groups excluding carboxylic acids is 1. The quantitative estimate of drug-likeness (QED) is 0.364. The van der Waals surface area contributed by atoms with Gasteiger partial charge in [0.2, 0.25) is 0 Å². The first kappa shape index (κ1) is 19.5. The predicted octanol–water partition coefficient (Wildman–Crippen LogP) is 3.79. The van der Waals surface area contributed by atoms with E-state index < -0.39 is 16.9 Å². The number of carbonyl (C=O) groups is 1. The molecule has 1 unspecified atom stereocenters. The highest BCUT2D eigenvalue weighted by Gasteiger charge is 2.35. The van der Waals surface area contributed by atoms with Gasteiger partial charge >= 0.3 is 5.97 Å². The number of allylic oxidation sites excluding steroid dienone is 1. The summed E-state index contributed by atoms with van der Waals surface area (Å²) in [5.74, 6) is -0.526. The number of ether oxygens (including phenoxy) is 1. The minimum atomic E-state index is -0.652. The van der Waals surface area contributed by atoms with Gasteiger partial charge < -0.3 is 10.1 Å². The topological polar surface area (TPSA) is 84.7 Å². The molecule has 0 saturated carbocycles. The zero-order chi connectivity index (χ0) is 20.4. The number of rotatable bonds is 4. The van der Waals surface area contributed by atoms with Crippen molar-refractivity contribution in [1.29, 1.82) is 0 Å². The molecule has 8 heteroatoms. The van der Waals surface area contributed by atoms with E-state index >= 15 is 0 Å². The fraction of sp³-hybridized carbons (Fsp3) is 0.200. The van der Waals surface area contributed by atoms with Crippen LogP contribution in [0.4, 0.5) is 11.4 Å². The summed E-state index contributed by atoms with van der Waals surface area (Å²) in [5.41, 5.74) is 3.31. The highest BCUT2D eigenvalue weighted by atomic mass is 32.1. The van der Waals surface area contributed by atoms with Gasteiger partial charge in [-0.2, -0.15) is 0 Å². The maximum atomic E-state index is 12.6. The van der Waals surface area contributed by atoms with Crippen LogP contribution in [0.25, 0.3) is 0 Å². The number of hydrogen-bond donors (Lipinski definition) is 1. The van der Waals surface area contributed by atoms with E-state index in [4.69, 9.17) is 17.0 Å². The number of nitrogens with one attached hydrogen (secondary N) is 1. The van der Waals surface area contributed by atoms with Gasteiger partial charge in [0, 0.05) is 23.5 Å². The van der Waals surface area contributed by atoms with Crippen LogP contribution in [0.3, 0.4) is 0 Å². The molecule has 0 saturated heterocycles. The van der Waals surface area contributed by atoms with Crippen LogP contribution in [-0.4, -0.2) is 23.1 Å². The van der Waals surface area contributed by atoms with Gasteiger partial charge in [-0.3, -0.25) is 15.0 Å². The molecule has 28 heavy (non-hydrogen) atoms. The monoisotopic (exact) mass is 397 g/mol. The van der Waals surface area contributed by atoms with E-state index in [-0.39, 0.29) is 5.69 Å². The van der Waals surface area contributed by atoms with Crippen LogP contribution in [0.15, 0.2) is 59.8 Å². The van der Waals surface area contributed by atoms with Crippen LogP contribution in [0.2, 0.25) is 0 Å².